The van der Waals surface area contributed by atoms with Gasteiger partial charge < -0.3 is 20.1 Å². The topological polar surface area (TPSA) is 92.5 Å². The van der Waals surface area contributed by atoms with Crippen molar-refractivity contribution in [1.82, 2.24) is 25.2 Å². The van der Waals surface area contributed by atoms with E-state index in [1.807, 2.05) is 16.8 Å². The van der Waals surface area contributed by atoms with Gasteiger partial charge in [0.1, 0.15) is 5.75 Å². The normalized spacial score (nSPS) is 16.6. The van der Waals surface area contributed by atoms with Crippen molar-refractivity contribution < 1.29 is 14.6 Å². The molecule has 1 saturated heterocycles. The Morgan fingerprint density at radius 1 is 1.31 bits per heavy atom. The van der Waals surface area contributed by atoms with Crippen LogP contribution in [0.2, 0.25) is 0 Å². The average molecular weight is 402 g/mol. The van der Waals surface area contributed by atoms with Crippen LogP contribution in [0.5, 0.6) is 5.75 Å². The zero-order valence-electron chi connectivity index (χ0n) is 17.3. The molecule has 1 fully saturated rings. The number of aromatic nitrogens is 3. The molecule has 2 aromatic rings. The molecule has 0 radical (unpaired) electrons. The number of ether oxygens (including phenoxy) is 1. The lowest BCUT2D eigenvalue weighted by molar-refractivity contribution is 0.0932. The number of hydrogen-bond donors (Lipinski definition) is 2. The number of phenols is 1. The standard InChI is InChI=1S/C21H31N5O3/c1-16(3-4-17-5-7-19(27)8-6-17)25-12-9-18(10-13-25)26-15-20(23-24-26)21(28)22-11-14-29-2/h5-8,15-16,18,27H,3-4,9-14H2,1-2H3,(H,22,28). The minimum absolute atomic E-state index is 0.214. The quantitative estimate of drug-likeness (QED) is 0.625. The molecule has 8 heteroatoms. The van der Waals surface area contributed by atoms with Crippen LogP contribution in [-0.4, -0.2) is 70.3 Å². The molecule has 1 aromatic heterocycles. The first-order valence-electron chi connectivity index (χ1n) is 10.3. The van der Waals surface area contributed by atoms with Gasteiger partial charge in [0.15, 0.2) is 5.69 Å². The van der Waals surface area contributed by atoms with Crippen LogP contribution in [0.1, 0.15) is 48.3 Å². The molecule has 2 heterocycles. The Morgan fingerprint density at radius 2 is 2.03 bits per heavy atom. The molecule has 0 saturated carbocycles. The van der Waals surface area contributed by atoms with Crippen LogP contribution in [0.25, 0.3) is 0 Å². The fourth-order valence-electron chi connectivity index (χ4n) is 3.73. The van der Waals surface area contributed by atoms with E-state index in [9.17, 15) is 9.90 Å². The number of phenolic OH excluding ortho intramolecular Hbond substituents is 1. The number of rotatable bonds is 9. The monoisotopic (exact) mass is 401 g/mol. The van der Waals surface area contributed by atoms with Gasteiger partial charge in [0.2, 0.25) is 0 Å². The fourth-order valence-corrected chi connectivity index (χ4v) is 3.73. The van der Waals surface area contributed by atoms with Gasteiger partial charge in [0, 0.05) is 32.8 Å². The lowest BCUT2D eigenvalue weighted by Gasteiger charge is -2.36. The zero-order valence-corrected chi connectivity index (χ0v) is 17.3. The van der Waals surface area contributed by atoms with Crippen LogP contribution in [-0.2, 0) is 11.2 Å². The largest absolute Gasteiger partial charge is 0.508 e. The van der Waals surface area contributed by atoms with Crippen molar-refractivity contribution in [3.63, 3.8) is 0 Å². The molecule has 0 aliphatic carbocycles. The Bertz CT molecular complexity index is 769. The highest BCUT2D eigenvalue weighted by molar-refractivity contribution is 5.91. The van der Waals surface area contributed by atoms with Crippen LogP contribution >= 0.6 is 0 Å². The Kier molecular flexibility index (Phi) is 7.60. The van der Waals surface area contributed by atoms with Gasteiger partial charge in [0.25, 0.3) is 5.91 Å². The Hall–Kier alpha value is -2.45. The summed E-state index contributed by atoms with van der Waals surface area (Å²) in [5.74, 6) is 0.0983. The summed E-state index contributed by atoms with van der Waals surface area (Å²) < 4.78 is 6.77. The van der Waals surface area contributed by atoms with Gasteiger partial charge in [0.05, 0.1) is 18.8 Å². The summed E-state index contributed by atoms with van der Waals surface area (Å²) in [6, 6.07) is 8.25. The predicted octanol–water partition coefficient (Wildman–Crippen LogP) is 2.02. The van der Waals surface area contributed by atoms with Crippen molar-refractivity contribution in [1.29, 1.82) is 0 Å². The van der Waals surface area contributed by atoms with Gasteiger partial charge in [-0.2, -0.15) is 0 Å². The number of nitrogens with zero attached hydrogens (tertiary/aromatic N) is 4. The van der Waals surface area contributed by atoms with Gasteiger partial charge in [-0.15, -0.1) is 5.10 Å². The summed E-state index contributed by atoms with van der Waals surface area (Å²) in [5, 5.41) is 20.4. The lowest BCUT2D eigenvalue weighted by atomic mass is 10.00. The zero-order chi connectivity index (χ0) is 20.6. The molecular weight excluding hydrogens is 370 g/mol. The van der Waals surface area contributed by atoms with Gasteiger partial charge >= 0.3 is 0 Å². The predicted molar refractivity (Wildman–Crippen MR) is 110 cm³/mol. The molecule has 29 heavy (non-hydrogen) atoms. The van der Waals surface area contributed by atoms with E-state index in [0.29, 0.717) is 30.6 Å². The van der Waals surface area contributed by atoms with Gasteiger partial charge in [-0.25, -0.2) is 4.68 Å². The highest BCUT2D eigenvalue weighted by Crippen LogP contribution is 2.24. The maximum atomic E-state index is 12.1. The number of aromatic hydroxyl groups is 1. The first-order valence-corrected chi connectivity index (χ1v) is 10.3. The van der Waals surface area contributed by atoms with E-state index < -0.39 is 0 Å². The Balaban J connectivity index is 1.44. The molecule has 8 nitrogen and oxygen atoms in total. The molecule has 1 aliphatic rings. The molecule has 0 spiro atoms. The summed E-state index contributed by atoms with van der Waals surface area (Å²) in [7, 11) is 1.60. The van der Waals surface area contributed by atoms with E-state index in [2.05, 4.69) is 27.5 Å². The van der Waals surface area contributed by atoms with Crippen molar-refractivity contribution in [2.24, 2.45) is 0 Å². The molecule has 3 rings (SSSR count). The second kappa shape index (κ2) is 10.4. The maximum Gasteiger partial charge on any atom is 0.273 e. The van der Waals surface area contributed by atoms with Crippen LogP contribution in [0.15, 0.2) is 30.5 Å². The average Bonchev–Trinajstić information content (AvgIpc) is 3.24. The third-order valence-electron chi connectivity index (χ3n) is 5.62. The number of hydrogen-bond acceptors (Lipinski definition) is 6. The van der Waals surface area contributed by atoms with E-state index >= 15 is 0 Å². The summed E-state index contributed by atoms with van der Waals surface area (Å²) >= 11 is 0. The van der Waals surface area contributed by atoms with Crippen molar-refractivity contribution in [3.8, 4) is 5.75 Å². The minimum atomic E-state index is -0.214. The lowest BCUT2D eigenvalue weighted by Crippen LogP contribution is -2.40. The van der Waals surface area contributed by atoms with Gasteiger partial charge in [-0.1, -0.05) is 17.3 Å². The van der Waals surface area contributed by atoms with Crippen molar-refractivity contribution >= 4 is 5.91 Å². The number of aryl methyl sites for hydroxylation is 1. The van der Waals surface area contributed by atoms with Gasteiger partial charge in [-0.05, 0) is 50.3 Å². The summed E-state index contributed by atoms with van der Waals surface area (Å²) in [6.07, 6.45) is 5.84. The molecule has 1 unspecified atom stereocenters. The number of piperidine rings is 1. The number of benzene rings is 1. The highest BCUT2D eigenvalue weighted by Gasteiger charge is 2.25. The van der Waals surface area contributed by atoms with E-state index in [-0.39, 0.29) is 11.9 Å². The molecule has 158 valence electrons. The van der Waals surface area contributed by atoms with E-state index in [0.717, 1.165) is 38.8 Å². The molecule has 1 amide bonds. The molecular formula is C21H31N5O3. The minimum Gasteiger partial charge on any atom is -0.508 e. The molecule has 1 aromatic carbocycles. The number of amides is 1. The SMILES string of the molecule is COCCNC(=O)c1cn(C2CCN(C(C)CCc3ccc(O)cc3)CC2)nn1. The smallest absolute Gasteiger partial charge is 0.273 e. The van der Waals surface area contributed by atoms with Crippen LogP contribution in [0.3, 0.4) is 0 Å². The summed E-state index contributed by atoms with van der Waals surface area (Å²) in [4.78, 5) is 14.6. The number of carbonyl (C=O) groups excluding carboxylic acids is 1. The summed E-state index contributed by atoms with van der Waals surface area (Å²) in [5.41, 5.74) is 1.61. The van der Waals surface area contributed by atoms with Gasteiger partial charge in [-0.3, -0.25) is 4.79 Å². The van der Waals surface area contributed by atoms with Crippen LogP contribution < -0.4 is 5.32 Å². The van der Waals surface area contributed by atoms with Crippen molar-refractivity contribution in [3.05, 3.63) is 41.7 Å². The third-order valence-corrected chi connectivity index (χ3v) is 5.62. The number of carbonyl (C=O) groups is 1. The van der Waals surface area contributed by atoms with Crippen LogP contribution in [0, 0.1) is 0 Å². The molecule has 2 N–H and O–H groups in total. The third kappa shape index (κ3) is 6.01. The molecule has 0 bridgehead atoms. The Morgan fingerprint density at radius 3 is 2.72 bits per heavy atom. The summed E-state index contributed by atoms with van der Waals surface area (Å²) in [6.45, 7) is 5.23. The van der Waals surface area contributed by atoms with Crippen molar-refractivity contribution in [2.75, 3.05) is 33.4 Å². The maximum absolute atomic E-state index is 12.1. The van der Waals surface area contributed by atoms with E-state index in [1.54, 1.807) is 25.4 Å². The first kappa shape index (κ1) is 21.3. The van der Waals surface area contributed by atoms with E-state index in [1.165, 1.54) is 5.56 Å². The first-order chi connectivity index (χ1) is 14.1. The second-order valence-corrected chi connectivity index (χ2v) is 7.65. The fraction of sp³-hybridized carbons (Fsp3) is 0.571. The molecule has 1 atom stereocenters. The number of methoxy groups -OCH3 is 1. The second-order valence-electron chi connectivity index (χ2n) is 7.65. The Labute approximate surface area is 171 Å². The highest BCUT2D eigenvalue weighted by atomic mass is 16.5. The number of likely N-dealkylation sites (tertiary alicyclic amines) is 1. The van der Waals surface area contributed by atoms with E-state index in [4.69, 9.17) is 4.74 Å². The van der Waals surface area contributed by atoms with Crippen LogP contribution in [0.4, 0.5) is 0 Å². The number of nitrogens with one attached hydrogen (secondary N) is 1. The molecule has 1 aliphatic heterocycles. The van der Waals surface area contributed by atoms with Crippen molar-refractivity contribution in [2.45, 2.75) is 44.7 Å².